The second kappa shape index (κ2) is 10.8. The van der Waals surface area contributed by atoms with Crippen molar-refractivity contribution < 1.29 is 18.7 Å². The maximum Gasteiger partial charge on any atom is 0.270 e. The largest absolute Gasteiger partial charge is 0.493 e. The van der Waals surface area contributed by atoms with Gasteiger partial charge in [0.15, 0.2) is 15.8 Å². The second-order valence-electron chi connectivity index (χ2n) is 7.06. The molecular formula is C24H15Br2ClFNO3S2. The zero-order valence-electron chi connectivity index (χ0n) is 17.5. The lowest BCUT2D eigenvalue weighted by Gasteiger charge is -2.15. The highest BCUT2D eigenvalue weighted by Crippen LogP contribution is 2.41. The van der Waals surface area contributed by atoms with Crippen LogP contribution in [0.15, 0.2) is 68.4 Å². The van der Waals surface area contributed by atoms with E-state index in [1.165, 1.54) is 23.1 Å². The highest BCUT2D eigenvalue weighted by molar-refractivity contribution is 9.10. The Morgan fingerprint density at radius 1 is 1.15 bits per heavy atom. The number of ether oxygens (including phenoxy) is 2. The molecule has 4 nitrogen and oxygen atoms in total. The molecule has 34 heavy (non-hydrogen) atoms. The van der Waals surface area contributed by atoms with Crippen LogP contribution in [0.25, 0.3) is 6.08 Å². The van der Waals surface area contributed by atoms with E-state index in [9.17, 15) is 9.18 Å². The standard InChI is InChI=1S/C24H15Br2ClFNO3S2/c1-31-20-9-14(8-17(26)22(20)32-12-13-2-4-15(25)5-3-13)10-21-23(30)29(24(33)34-21)16-6-7-19(28)18(27)11-16/h2-11H,12H2,1H3/b21-10+. The molecule has 1 heterocycles. The molecule has 174 valence electrons. The average molecular weight is 644 g/mol. The van der Waals surface area contributed by atoms with Gasteiger partial charge in [-0.25, -0.2) is 4.39 Å². The van der Waals surface area contributed by atoms with Crippen LogP contribution in [-0.4, -0.2) is 17.3 Å². The van der Waals surface area contributed by atoms with Gasteiger partial charge in [-0.3, -0.25) is 9.69 Å². The number of halogens is 4. The number of methoxy groups -OCH3 is 1. The van der Waals surface area contributed by atoms with Crippen molar-refractivity contribution in [2.45, 2.75) is 6.61 Å². The topological polar surface area (TPSA) is 38.8 Å². The van der Waals surface area contributed by atoms with Gasteiger partial charge in [0, 0.05) is 4.47 Å². The molecule has 0 unspecified atom stereocenters. The highest BCUT2D eigenvalue weighted by atomic mass is 79.9. The molecule has 3 aromatic carbocycles. The first-order valence-corrected chi connectivity index (χ1v) is 12.9. The fourth-order valence-corrected chi connectivity index (χ4v) is 5.48. The molecule has 0 saturated carbocycles. The van der Waals surface area contributed by atoms with Crippen molar-refractivity contribution in [2.75, 3.05) is 12.0 Å². The monoisotopic (exact) mass is 641 g/mol. The predicted octanol–water partition coefficient (Wildman–Crippen LogP) is 8.00. The zero-order chi connectivity index (χ0) is 24.4. The SMILES string of the molecule is COc1cc(/C=C2/SC(=S)N(c3ccc(F)c(Cl)c3)C2=O)cc(Br)c1OCc1ccc(Br)cc1. The molecule has 10 heteroatoms. The van der Waals surface area contributed by atoms with Crippen molar-refractivity contribution in [2.24, 2.45) is 0 Å². The number of hydrogen-bond donors (Lipinski definition) is 0. The van der Waals surface area contributed by atoms with Crippen molar-refractivity contribution in [3.05, 3.63) is 90.4 Å². The van der Waals surface area contributed by atoms with Gasteiger partial charge in [-0.05, 0) is 75.6 Å². The van der Waals surface area contributed by atoms with E-state index in [-0.39, 0.29) is 10.9 Å². The third-order valence-electron chi connectivity index (χ3n) is 4.80. The summed E-state index contributed by atoms with van der Waals surface area (Å²) in [5, 5.41) is -0.0806. The summed E-state index contributed by atoms with van der Waals surface area (Å²) in [5.41, 5.74) is 2.14. The van der Waals surface area contributed by atoms with Crippen LogP contribution in [-0.2, 0) is 11.4 Å². The molecular weight excluding hydrogens is 629 g/mol. The van der Waals surface area contributed by atoms with Gasteiger partial charge in [-0.2, -0.15) is 0 Å². The number of anilines is 1. The maximum absolute atomic E-state index is 13.5. The van der Waals surface area contributed by atoms with Gasteiger partial charge in [0.25, 0.3) is 5.91 Å². The Hall–Kier alpha value is -1.91. The molecule has 4 rings (SSSR count). The first-order chi connectivity index (χ1) is 16.3. The molecule has 3 aromatic rings. The molecule has 0 bridgehead atoms. The Bertz CT molecular complexity index is 1320. The van der Waals surface area contributed by atoms with Gasteiger partial charge < -0.3 is 9.47 Å². The van der Waals surface area contributed by atoms with E-state index in [1.54, 1.807) is 19.3 Å². The Kier molecular flexibility index (Phi) is 7.99. The van der Waals surface area contributed by atoms with Gasteiger partial charge >= 0.3 is 0 Å². The fraction of sp³-hybridized carbons (Fsp3) is 0.0833. The Morgan fingerprint density at radius 2 is 1.88 bits per heavy atom. The summed E-state index contributed by atoms with van der Waals surface area (Å²) in [4.78, 5) is 14.8. The summed E-state index contributed by atoms with van der Waals surface area (Å²) in [5.74, 6) is 0.184. The summed E-state index contributed by atoms with van der Waals surface area (Å²) < 4.78 is 27.1. The summed E-state index contributed by atoms with van der Waals surface area (Å²) in [6.45, 7) is 0.362. The number of thiocarbonyl (C=S) groups is 1. The van der Waals surface area contributed by atoms with Gasteiger partial charge in [0.05, 0.1) is 27.2 Å². The third-order valence-corrected chi connectivity index (χ3v) is 7.51. The summed E-state index contributed by atoms with van der Waals surface area (Å²) in [7, 11) is 1.55. The van der Waals surface area contributed by atoms with Crippen molar-refractivity contribution in [1.29, 1.82) is 0 Å². The van der Waals surface area contributed by atoms with Crippen LogP contribution < -0.4 is 14.4 Å². The minimum absolute atomic E-state index is 0.0806. The number of carbonyl (C=O) groups is 1. The van der Waals surface area contributed by atoms with E-state index in [2.05, 4.69) is 31.9 Å². The van der Waals surface area contributed by atoms with E-state index < -0.39 is 5.82 Å². The van der Waals surface area contributed by atoms with Crippen molar-refractivity contribution in [3.8, 4) is 11.5 Å². The summed E-state index contributed by atoms with van der Waals surface area (Å²) >= 11 is 19.4. The van der Waals surface area contributed by atoms with Crippen LogP contribution in [0, 0.1) is 5.82 Å². The molecule has 1 amide bonds. The molecule has 0 N–H and O–H groups in total. The highest BCUT2D eigenvalue weighted by Gasteiger charge is 2.33. The zero-order valence-corrected chi connectivity index (χ0v) is 23.0. The number of benzene rings is 3. The lowest BCUT2D eigenvalue weighted by molar-refractivity contribution is -0.113. The van der Waals surface area contributed by atoms with Crippen LogP contribution in [0.1, 0.15) is 11.1 Å². The lowest BCUT2D eigenvalue weighted by atomic mass is 10.1. The van der Waals surface area contributed by atoms with Gasteiger partial charge in [0.1, 0.15) is 12.4 Å². The smallest absolute Gasteiger partial charge is 0.270 e. The normalized spacial score (nSPS) is 14.7. The van der Waals surface area contributed by atoms with Crippen LogP contribution in [0.5, 0.6) is 11.5 Å². The number of rotatable bonds is 6. The van der Waals surface area contributed by atoms with Crippen LogP contribution in [0.4, 0.5) is 10.1 Å². The van der Waals surface area contributed by atoms with Crippen molar-refractivity contribution >= 4 is 89.4 Å². The van der Waals surface area contributed by atoms with E-state index >= 15 is 0 Å². The number of nitrogens with zero attached hydrogens (tertiary/aromatic N) is 1. The molecule has 0 spiro atoms. The Morgan fingerprint density at radius 3 is 2.56 bits per heavy atom. The molecule has 0 atom stereocenters. The molecule has 0 aliphatic carbocycles. The van der Waals surface area contributed by atoms with Gasteiger partial charge in [-0.15, -0.1) is 0 Å². The maximum atomic E-state index is 13.5. The van der Waals surface area contributed by atoms with E-state index in [0.717, 1.165) is 27.4 Å². The van der Waals surface area contributed by atoms with Crippen LogP contribution in [0.2, 0.25) is 5.02 Å². The predicted molar refractivity (Wildman–Crippen MR) is 146 cm³/mol. The number of amides is 1. The minimum Gasteiger partial charge on any atom is -0.493 e. The van der Waals surface area contributed by atoms with E-state index in [1.807, 2.05) is 30.3 Å². The number of hydrogen-bond acceptors (Lipinski definition) is 5. The fourth-order valence-electron chi connectivity index (χ4n) is 3.17. The summed E-state index contributed by atoms with van der Waals surface area (Å²) in [6, 6.07) is 15.5. The number of carbonyl (C=O) groups excluding carboxylic acids is 1. The number of thioether (sulfide) groups is 1. The van der Waals surface area contributed by atoms with E-state index in [0.29, 0.717) is 37.5 Å². The van der Waals surface area contributed by atoms with Crippen molar-refractivity contribution in [3.63, 3.8) is 0 Å². The minimum atomic E-state index is -0.564. The second-order valence-corrected chi connectivity index (χ2v) is 10.9. The lowest BCUT2D eigenvalue weighted by Crippen LogP contribution is -2.27. The van der Waals surface area contributed by atoms with Gasteiger partial charge in [-0.1, -0.05) is 63.6 Å². The molecule has 0 aromatic heterocycles. The third kappa shape index (κ3) is 5.49. The summed E-state index contributed by atoms with van der Waals surface area (Å²) in [6.07, 6.45) is 1.72. The quantitative estimate of drug-likeness (QED) is 0.201. The van der Waals surface area contributed by atoms with Gasteiger partial charge in [0.2, 0.25) is 0 Å². The first kappa shape index (κ1) is 25.2. The molecule has 1 aliphatic heterocycles. The molecule has 1 saturated heterocycles. The average Bonchev–Trinajstić information content (AvgIpc) is 3.08. The first-order valence-electron chi connectivity index (χ1n) is 9.74. The Labute approximate surface area is 227 Å². The molecule has 0 radical (unpaired) electrons. The van der Waals surface area contributed by atoms with E-state index in [4.69, 9.17) is 33.3 Å². The van der Waals surface area contributed by atoms with Crippen LogP contribution in [0.3, 0.4) is 0 Å². The molecule has 1 fully saturated rings. The molecule has 1 aliphatic rings. The van der Waals surface area contributed by atoms with Crippen molar-refractivity contribution in [1.82, 2.24) is 0 Å². The van der Waals surface area contributed by atoms with Crippen LogP contribution >= 0.6 is 67.4 Å². The Balaban J connectivity index is 1.58.